The van der Waals surface area contributed by atoms with Crippen LogP contribution < -0.4 is 5.32 Å². The highest BCUT2D eigenvalue weighted by Gasteiger charge is 2.09. The van der Waals surface area contributed by atoms with Gasteiger partial charge in [0.25, 0.3) is 0 Å². The number of unbranched alkanes of at least 4 members (excludes halogenated alkanes) is 3. The fraction of sp³-hybridized carbons (Fsp3) is 0.941. The molecule has 0 atom stereocenters. The maximum Gasteiger partial charge on any atom is 0.193 e. The first-order chi connectivity index (χ1) is 10.3. The number of aliphatic imine (C=N–C) groups is 1. The summed E-state index contributed by atoms with van der Waals surface area (Å²) >= 11 is 0. The van der Waals surface area contributed by atoms with Gasteiger partial charge in [-0.15, -0.1) is 0 Å². The Labute approximate surface area is 132 Å². The van der Waals surface area contributed by atoms with E-state index in [1.54, 1.807) is 0 Å². The van der Waals surface area contributed by atoms with Crippen molar-refractivity contribution in [3.63, 3.8) is 0 Å². The second kappa shape index (κ2) is 11.8. The van der Waals surface area contributed by atoms with E-state index >= 15 is 0 Å². The molecule has 0 bridgehead atoms. The van der Waals surface area contributed by atoms with Gasteiger partial charge in [-0.05, 0) is 51.7 Å². The molecular weight excluding hydrogens is 260 g/mol. The molecule has 1 fully saturated rings. The lowest BCUT2D eigenvalue weighted by atomic mass is 10.1. The summed E-state index contributed by atoms with van der Waals surface area (Å²) < 4.78 is 0. The summed E-state index contributed by atoms with van der Waals surface area (Å²) in [6.07, 6.45) is 10.6. The van der Waals surface area contributed by atoms with Gasteiger partial charge in [-0.2, -0.15) is 0 Å². The third-order valence-electron chi connectivity index (χ3n) is 4.30. The van der Waals surface area contributed by atoms with Gasteiger partial charge in [0, 0.05) is 27.2 Å². The highest BCUT2D eigenvalue weighted by atomic mass is 15.3. The van der Waals surface area contributed by atoms with E-state index in [1.165, 1.54) is 71.0 Å². The minimum atomic E-state index is 1.04. The molecule has 0 amide bonds. The molecule has 1 aliphatic rings. The van der Waals surface area contributed by atoms with Crippen molar-refractivity contribution in [3.05, 3.63) is 0 Å². The molecule has 1 aliphatic heterocycles. The Bertz CT molecular complexity index is 272. The van der Waals surface area contributed by atoms with Crippen LogP contribution in [0.3, 0.4) is 0 Å². The summed E-state index contributed by atoms with van der Waals surface area (Å²) in [6.45, 7) is 8.31. The molecule has 4 heteroatoms. The van der Waals surface area contributed by atoms with E-state index in [0.717, 1.165) is 19.0 Å². The molecule has 0 spiro atoms. The van der Waals surface area contributed by atoms with E-state index in [9.17, 15) is 0 Å². The number of rotatable bonds is 9. The quantitative estimate of drug-likeness (QED) is 0.403. The molecule has 1 N–H and O–H groups in total. The second-order valence-electron chi connectivity index (χ2n) is 6.21. The number of piperidine rings is 1. The van der Waals surface area contributed by atoms with Crippen molar-refractivity contribution in [1.29, 1.82) is 0 Å². The summed E-state index contributed by atoms with van der Waals surface area (Å²) in [5.74, 6) is 1.04. The Hall–Kier alpha value is -0.770. The van der Waals surface area contributed by atoms with E-state index < -0.39 is 0 Å². The molecular formula is C17H36N4. The van der Waals surface area contributed by atoms with Crippen LogP contribution in [0.5, 0.6) is 0 Å². The SMILES string of the molecule is CCCCN(C)C(=NC)NCCCCCN1CCCCC1. The molecule has 21 heavy (non-hydrogen) atoms. The predicted octanol–water partition coefficient (Wildman–Crippen LogP) is 2.95. The number of hydrogen-bond donors (Lipinski definition) is 1. The van der Waals surface area contributed by atoms with E-state index in [1.807, 2.05) is 7.05 Å². The molecule has 4 nitrogen and oxygen atoms in total. The first kappa shape index (κ1) is 18.3. The summed E-state index contributed by atoms with van der Waals surface area (Å²) in [6, 6.07) is 0. The first-order valence-corrected chi connectivity index (χ1v) is 8.92. The van der Waals surface area contributed by atoms with E-state index in [4.69, 9.17) is 0 Å². The molecule has 0 aromatic carbocycles. The van der Waals surface area contributed by atoms with Crippen LogP contribution in [-0.4, -0.2) is 62.6 Å². The molecule has 0 radical (unpaired) electrons. The van der Waals surface area contributed by atoms with Crippen LogP contribution in [0.2, 0.25) is 0 Å². The average Bonchev–Trinajstić information content (AvgIpc) is 2.53. The van der Waals surface area contributed by atoms with Crippen molar-refractivity contribution in [2.45, 2.75) is 58.3 Å². The maximum absolute atomic E-state index is 4.36. The van der Waals surface area contributed by atoms with Gasteiger partial charge in [0.1, 0.15) is 0 Å². The Morgan fingerprint density at radius 2 is 1.86 bits per heavy atom. The maximum atomic E-state index is 4.36. The zero-order valence-corrected chi connectivity index (χ0v) is 14.5. The molecule has 0 aromatic heterocycles. The minimum absolute atomic E-state index is 1.04. The van der Waals surface area contributed by atoms with Gasteiger partial charge in [0.05, 0.1) is 0 Å². The number of nitrogens with zero attached hydrogens (tertiary/aromatic N) is 3. The Morgan fingerprint density at radius 3 is 2.52 bits per heavy atom. The Morgan fingerprint density at radius 1 is 1.10 bits per heavy atom. The van der Waals surface area contributed by atoms with Gasteiger partial charge in [-0.1, -0.05) is 26.2 Å². The lowest BCUT2D eigenvalue weighted by Gasteiger charge is -2.26. The van der Waals surface area contributed by atoms with E-state index in [2.05, 4.69) is 34.1 Å². The molecule has 1 rings (SSSR count). The third-order valence-corrected chi connectivity index (χ3v) is 4.30. The topological polar surface area (TPSA) is 30.9 Å². The standard InChI is InChI=1S/C17H36N4/c1-4-5-13-20(3)17(18-2)19-12-8-6-9-14-21-15-10-7-11-16-21/h4-16H2,1-3H3,(H,18,19). The van der Waals surface area contributed by atoms with E-state index in [-0.39, 0.29) is 0 Å². The molecule has 124 valence electrons. The number of nitrogens with one attached hydrogen (secondary N) is 1. The van der Waals surface area contributed by atoms with Crippen molar-refractivity contribution in [1.82, 2.24) is 15.1 Å². The van der Waals surface area contributed by atoms with Crippen LogP contribution in [0.25, 0.3) is 0 Å². The molecule has 0 unspecified atom stereocenters. The number of hydrogen-bond acceptors (Lipinski definition) is 2. The monoisotopic (exact) mass is 296 g/mol. The number of guanidine groups is 1. The zero-order chi connectivity index (χ0) is 15.3. The van der Waals surface area contributed by atoms with Crippen LogP contribution in [0.4, 0.5) is 0 Å². The van der Waals surface area contributed by atoms with Gasteiger partial charge >= 0.3 is 0 Å². The van der Waals surface area contributed by atoms with Crippen LogP contribution in [0.15, 0.2) is 4.99 Å². The zero-order valence-electron chi connectivity index (χ0n) is 14.5. The first-order valence-electron chi connectivity index (χ1n) is 8.92. The van der Waals surface area contributed by atoms with Crippen molar-refractivity contribution >= 4 is 5.96 Å². The Kier molecular flexibility index (Phi) is 10.3. The predicted molar refractivity (Wildman–Crippen MR) is 93.0 cm³/mol. The second-order valence-corrected chi connectivity index (χ2v) is 6.21. The summed E-state index contributed by atoms with van der Waals surface area (Å²) in [5.41, 5.74) is 0. The molecule has 0 aromatic rings. The summed E-state index contributed by atoms with van der Waals surface area (Å²) in [5, 5.41) is 3.48. The molecule has 0 saturated carbocycles. The highest BCUT2D eigenvalue weighted by molar-refractivity contribution is 5.79. The Balaban J connectivity index is 2.01. The smallest absolute Gasteiger partial charge is 0.193 e. The van der Waals surface area contributed by atoms with Gasteiger partial charge in [0.15, 0.2) is 5.96 Å². The highest BCUT2D eigenvalue weighted by Crippen LogP contribution is 2.09. The fourth-order valence-corrected chi connectivity index (χ4v) is 2.91. The van der Waals surface area contributed by atoms with Crippen LogP contribution in [0, 0.1) is 0 Å². The molecule has 1 heterocycles. The third kappa shape index (κ3) is 8.30. The van der Waals surface area contributed by atoms with Crippen LogP contribution >= 0.6 is 0 Å². The fourth-order valence-electron chi connectivity index (χ4n) is 2.91. The van der Waals surface area contributed by atoms with Crippen molar-refractivity contribution in [3.8, 4) is 0 Å². The van der Waals surface area contributed by atoms with Crippen molar-refractivity contribution in [2.75, 3.05) is 46.8 Å². The van der Waals surface area contributed by atoms with Crippen LogP contribution in [-0.2, 0) is 0 Å². The average molecular weight is 297 g/mol. The number of likely N-dealkylation sites (tertiary alicyclic amines) is 1. The van der Waals surface area contributed by atoms with Crippen LogP contribution in [0.1, 0.15) is 58.3 Å². The molecule has 1 saturated heterocycles. The van der Waals surface area contributed by atoms with Crippen molar-refractivity contribution in [2.24, 2.45) is 4.99 Å². The van der Waals surface area contributed by atoms with Gasteiger partial charge in [0.2, 0.25) is 0 Å². The minimum Gasteiger partial charge on any atom is -0.356 e. The van der Waals surface area contributed by atoms with Crippen molar-refractivity contribution < 1.29 is 0 Å². The van der Waals surface area contributed by atoms with Gasteiger partial charge in [-0.3, -0.25) is 4.99 Å². The summed E-state index contributed by atoms with van der Waals surface area (Å²) in [4.78, 5) is 9.22. The lowest BCUT2D eigenvalue weighted by molar-refractivity contribution is 0.224. The lowest BCUT2D eigenvalue weighted by Crippen LogP contribution is -2.39. The normalized spacial score (nSPS) is 17.0. The van der Waals surface area contributed by atoms with Gasteiger partial charge < -0.3 is 15.1 Å². The summed E-state index contributed by atoms with van der Waals surface area (Å²) in [7, 11) is 4.00. The largest absolute Gasteiger partial charge is 0.356 e. The molecule has 0 aliphatic carbocycles. The van der Waals surface area contributed by atoms with E-state index in [0.29, 0.717) is 0 Å². The van der Waals surface area contributed by atoms with Gasteiger partial charge in [-0.25, -0.2) is 0 Å².